The smallest absolute Gasteiger partial charge is 0.305 e. The van der Waals surface area contributed by atoms with E-state index in [1.807, 2.05) is 30.3 Å². The van der Waals surface area contributed by atoms with Crippen LogP contribution < -0.4 is 15.6 Å². The number of para-hydroxylation sites is 1. The van der Waals surface area contributed by atoms with E-state index in [4.69, 9.17) is 32.4 Å². The molecule has 7 nitrogen and oxygen atoms in total. The maximum atomic E-state index is 12.1. The number of nitrogens with zero attached hydrogens (tertiary/aromatic N) is 1. The molecule has 1 aromatic carbocycles. The Bertz CT molecular complexity index is 960. The Hall–Kier alpha value is -3.03. The van der Waals surface area contributed by atoms with Gasteiger partial charge in [-0.3, -0.25) is 20.4 Å². The van der Waals surface area contributed by atoms with E-state index in [0.29, 0.717) is 11.5 Å². The number of furan rings is 1. The van der Waals surface area contributed by atoms with Crippen molar-refractivity contribution in [3.05, 3.63) is 82.0 Å². The van der Waals surface area contributed by atoms with Gasteiger partial charge in [-0.25, -0.2) is 4.98 Å². The zero-order chi connectivity index (χ0) is 19.2. The van der Waals surface area contributed by atoms with Gasteiger partial charge in [-0.05, 0) is 30.3 Å². The number of aromatic nitrogens is 1. The molecule has 0 saturated carbocycles. The summed E-state index contributed by atoms with van der Waals surface area (Å²) >= 11 is 11.5. The van der Waals surface area contributed by atoms with Gasteiger partial charge in [0.1, 0.15) is 23.3 Å². The van der Waals surface area contributed by atoms with Gasteiger partial charge in [0.15, 0.2) is 5.76 Å². The maximum absolute atomic E-state index is 12.1. The van der Waals surface area contributed by atoms with E-state index >= 15 is 0 Å². The summed E-state index contributed by atoms with van der Waals surface area (Å²) in [7, 11) is 0. The second-order valence-corrected chi connectivity index (χ2v) is 6.04. The van der Waals surface area contributed by atoms with Crippen molar-refractivity contribution in [1.29, 1.82) is 0 Å². The van der Waals surface area contributed by atoms with E-state index in [2.05, 4.69) is 15.8 Å². The monoisotopic (exact) mass is 405 g/mol. The number of amides is 2. The summed E-state index contributed by atoms with van der Waals surface area (Å²) in [6.07, 6.45) is 1.24. The van der Waals surface area contributed by atoms with Crippen molar-refractivity contribution in [2.45, 2.75) is 6.61 Å². The molecule has 2 N–H and O–H groups in total. The fraction of sp³-hybridized carbons (Fsp3) is 0.0556. The molecule has 0 spiro atoms. The Morgan fingerprint density at radius 1 is 1.04 bits per heavy atom. The highest BCUT2D eigenvalue weighted by atomic mass is 35.5. The van der Waals surface area contributed by atoms with Gasteiger partial charge in [0.25, 0.3) is 5.91 Å². The van der Waals surface area contributed by atoms with Crippen LogP contribution in [0.15, 0.2) is 59.1 Å². The van der Waals surface area contributed by atoms with Crippen LogP contribution in [0.4, 0.5) is 0 Å². The van der Waals surface area contributed by atoms with Gasteiger partial charge >= 0.3 is 5.91 Å². The highest BCUT2D eigenvalue weighted by Crippen LogP contribution is 2.19. The van der Waals surface area contributed by atoms with Gasteiger partial charge in [-0.1, -0.05) is 41.4 Å². The Morgan fingerprint density at radius 3 is 2.52 bits per heavy atom. The molecule has 2 aromatic heterocycles. The van der Waals surface area contributed by atoms with Gasteiger partial charge in [0, 0.05) is 6.20 Å². The first-order valence-corrected chi connectivity index (χ1v) is 8.47. The number of nitrogens with one attached hydrogen (secondary N) is 2. The van der Waals surface area contributed by atoms with Crippen molar-refractivity contribution in [3.8, 4) is 5.75 Å². The van der Waals surface area contributed by atoms with Crippen LogP contribution >= 0.6 is 23.2 Å². The number of ether oxygens (including phenoxy) is 1. The summed E-state index contributed by atoms with van der Waals surface area (Å²) in [6.45, 7) is 0.165. The van der Waals surface area contributed by atoms with Crippen LogP contribution in [0.3, 0.4) is 0 Å². The van der Waals surface area contributed by atoms with Gasteiger partial charge in [0.2, 0.25) is 0 Å². The normalized spacial score (nSPS) is 10.3. The minimum absolute atomic E-state index is 0.0224. The van der Waals surface area contributed by atoms with Crippen LogP contribution in [-0.2, 0) is 6.61 Å². The third-order valence-electron chi connectivity index (χ3n) is 3.36. The average molecular weight is 406 g/mol. The number of hydrogen-bond donors (Lipinski definition) is 2. The molecule has 0 radical (unpaired) electrons. The van der Waals surface area contributed by atoms with Crippen LogP contribution in [0.1, 0.15) is 26.7 Å². The third kappa shape index (κ3) is 4.99. The largest absolute Gasteiger partial charge is 0.486 e. The number of pyridine rings is 1. The lowest BCUT2D eigenvalue weighted by atomic mass is 10.3. The minimum Gasteiger partial charge on any atom is -0.486 e. The van der Waals surface area contributed by atoms with Crippen LogP contribution in [0.5, 0.6) is 5.75 Å². The SMILES string of the molecule is O=C(NNC(=O)c1ccc(COc2ccccc2)o1)c1cnc(Cl)c(Cl)c1. The summed E-state index contributed by atoms with van der Waals surface area (Å²) in [4.78, 5) is 27.8. The Labute approximate surface area is 164 Å². The fourth-order valence-electron chi connectivity index (χ4n) is 2.04. The molecule has 3 rings (SSSR count). The molecule has 0 saturated heterocycles. The molecule has 0 bridgehead atoms. The number of hydrogen-bond acceptors (Lipinski definition) is 5. The molecule has 3 aromatic rings. The Morgan fingerprint density at radius 2 is 1.78 bits per heavy atom. The lowest BCUT2D eigenvalue weighted by Crippen LogP contribution is -2.41. The topological polar surface area (TPSA) is 93.5 Å². The van der Waals surface area contributed by atoms with E-state index in [1.54, 1.807) is 6.07 Å². The fourth-order valence-corrected chi connectivity index (χ4v) is 2.31. The number of carbonyl (C=O) groups is 2. The van der Waals surface area contributed by atoms with E-state index < -0.39 is 11.8 Å². The minimum atomic E-state index is -0.623. The molecule has 0 unspecified atom stereocenters. The van der Waals surface area contributed by atoms with Crippen molar-refractivity contribution in [2.24, 2.45) is 0 Å². The third-order valence-corrected chi connectivity index (χ3v) is 4.04. The standard InChI is InChI=1S/C18H13Cl2N3O4/c19-14-8-11(9-21-16(14)20)17(24)22-23-18(25)15-7-6-13(27-15)10-26-12-4-2-1-3-5-12/h1-9H,10H2,(H,22,24)(H,23,25). The molecule has 2 heterocycles. The highest BCUT2D eigenvalue weighted by molar-refractivity contribution is 6.41. The Balaban J connectivity index is 1.53. The van der Waals surface area contributed by atoms with Gasteiger partial charge < -0.3 is 9.15 Å². The second-order valence-electron chi connectivity index (χ2n) is 5.27. The van der Waals surface area contributed by atoms with E-state index in [9.17, 15) is 9.59 Å². The summed E-state index contributed by atoms with van der Waals surface area (Å²) in [6, 6.07) is 13.6. The lowest BCUT2D eigenvalue weighted by molar-refractivity contribution is 0.0828. The van der Waals surface area contributed by atoms with Gasteiger partial charge in [-0.2, -0.15) is 0 Å². The average Bonchev–Trinajstić information content (AvgIpc) is 3.16. The maximum Gasteiger partial charge on any atom is 0.305 e. The molecule has 2 amide bonds. The number of hydrazine groups is 1. The Kier molecular flexibility index (Phi) is 5.95. The number of halogens is 2. The first-order valence-electron chi connectivity index (χ1n) is 7.71. The second kappa shape index (κ2) is 8.57. The van der Waals surface area contributed by atoms with Crippen molar-refractivity contribution < 1.29 is 18.7 Å². The molecule has 0 atom stereocenters. The summed E-state index contributed by atoms with van der Waals surface area (Å²) in [5.41, 5.74) is 4.62. The summed E-state index contributed by atoms with van der Waals surface area (Å²) in [5, 5.41) is 0.211. The molecule has 0 aliphatic heterocycles. The van der Waals surface area contributed by atoms with Gasteiger partial charge in [-0.15, -0.1) is 0 Å². The predicted molar refractivity (Wildman–Crippen MR) is 98.7 cm³/mol. The molecule has 27 heavy (non-hydrogen) atoms. The van der Waals surface area contributed by atoms with Crippen LogP contribution in [0.25, 0.3) is 0 Å². The van der Waals surface area contributed by atoms with E-state index in [0.717, 1.165) is 0 Å². The zero-order valence-corrected chi connectivity index (χ0v) is 15.3. The van der Waals surface area contributed by atoms with Crippen molar-refractivity contribution in [1.82, 2.24) is 15.8 Å². The molecular weight excluding hydrogens is 393 g/mol. The first kappa shape index (κ1) is 18.8. The number of carbonyl (C=O) groups excluding carboxylic acids is 2. The quantitative estimate of drug-likeness (QED) is 0.499. The number of benzene rings is 1. The van der Waals surface area contributed by atoms with E-state index in [1.165, 1.54) is 18.3 Å². The van der Waals surface area contributed by atoms with Crippen molar-refractivity contribution in [2.75, 3.05) is 0 Å². The highest BCUT2D eigenvalue weighted by Gasteiger charge is 2.14. The first-order chi connectivity index (χ1) is 13.0. The van der Waals surface area contributed by atoms with Crippen LogP contribution in [0, 0.1) is 0 Å². The van der Waals surface area contributed by atoms with Crippen molar-refractivity contribution >= 4 is 35.0 Å². The lowest BCUT2D eigenvalue weighted by Gasteiger charge is -2.06. The van der Waals surface area contributed by atoms with Crippen molar-refractivity contribution in [3.63, 3.8) is 0 Å². The molecule has 0 aliphatic rings. The van der Waals surface area contributed by atoms with Gasteiger partial charge in [0.05, 0.1) is 10.6 Å². The van der Waals surface area contributed by atoms with Crippen LogP contribution in [0.2, 0.25) is 10.2 Å². The summed E-state index contributed by atoms with van der Waals surface area (Å²) in [5.74, 6) is -0.0587. The molecule has 138 valence electrons. The predicted octanol–water partition coefficient (Wildman–Crippen LogP) is 3.64. The molecular formula is C18H13Cl2N3O4. The molecule has 9 heteroatoms. The number of rotatable bonds is 5. The summed E-state index contributed by atoms with van der Waals surface area (Å²) < 4.78 is 10.9. The molecule has 0 fully saturated rings. The molecule has 0 aliphatic carbocycles. The van der Waals surface area contributed by atoms with Crippen LogP contribution in [-0.4, -0.2) is 16.8 Å². The van der Waals surface area contributed by atoms with E-state index in [-0.39, 0.29) is 28.1 Å². The zero-order valence-electron chi connectivity index (χ0n) is 13.7.